The molecule has 1 aromatic carbocycles. The van der Waals surface area contributed by atoms with Crippen molar-refractivity contribution in [3.63, 3.8) is 0 Å². The molecule has 2 aliphatic rings. The maximum absolute atomic E-state index is 12.8. The molecule has 3 heterocycles. The van der Waals surface area contributed by atoms with Crippen molar-refractivity contribution in [1.29, 1.82) is 0 Å². The number of β-lactam (4-membered cyclic amide) rings is 1. The number of amides is 2. The Morgan fingerprint density at radius 1 is 1.29 bits per heavy atom. The van der Waals surface area contributed by atoms with Gasteiger partial charge in [0.1, 0.15) is 17.1 Å². The number of aryl methyl sites for hydroxylation is 1. The Kier molecular flexibility index (Phi) is 5.73. The molecule has 31 heavy (non-hydrogen) atoms. The number of nitrogens with zero attached hydrogens (tertiary/aromatic N) is 5. The molecule has 2 aliphatic heterocycles. The number of carboxylic acid groups (broad SMARTS) is 1. The molecule has 4 atom stereocenters. The van der Waals surface area contributed by atoms with E-state index in [1.54, 1.807) is 37.4 Å². The summed E-state index contributed by atoms with van der Waals surface area (Å²) in [5.41, 5.74) is 0.249. The summed E-state index contributed by atoms with van der Waals surface area (Å²) < 4.78 is 1.41. The highest BCUT2D eigenvalue weighted by molar-refractivity contribution is 8.06. The van der Waals surface area contributed by atoms with Crippen molar-refractivity contribution in [3.8, 4) is 0 Å². The van der Waals surface area contributed by atoms with E-state index in [4.69, 9.17) is 0 Å². The number of carboxylic acids is 1. The van der Waals surface area contributed by atoms with Crippen molar-refractivity contribution in [2.75, 3.05) is 0 Å². The maximum Gasteiger partial charge on any atom is 0.353 e. The van der Waals surface area contributed by atoms with E-state index in [9.17, 15) is 24.6 Å². The highest BCUT2D eigenvalue weighted by Gasteiger charge is 2.56. The molecule has 0 spiro atoms. The average molecular weight is 463 g/mol. The molecule has 0 bridgehead atoms. The summed E-state index contributed by atoms with van der Waals surface area (Å²) in [6.07, 6.45) is -1.43. The van der Waals surface area contributed by atoms with Gasteiger partial charge < -0.3 is 15.5 Å². The first-order chi connectivity index (χ1) is 14.8. The third kappa shape index (κ3) is 3.79. The molecule has 162 valence electrons. The lowest BCUT2D eigenvalue weighted by Crippen LogP contribution is -2.71. The first-order valence-corrected chi connectivity index (χ1v) is 10.9. The zero-order valence-electron chi connectivity index (χ0n) is 16.4. The molecule has 0 saturated carbocycles. The molecular weight excluding hydrogens is 444 g/mol. The predicted octanol–water partition coefficient (Wildman–Crippen LogP) is 0.120. The molecule has 4 rings (SSSR count). The number of aliphatic hydroxyl groups excluding tert-OH is 1. The molecule has 11 nitrogen and oxygen atoms in total. The van der Waals surface area contributed by atoms with Crippen molar-refractivity contribution in [2.45, 2.75) is 34.8 Å². The van der Waals surface area contributed by atoms with E-state index < -0.39 is 35.3 Å². The van der Waals surface area contributed by atoms with E-state index in [-0.39, 0.29) is 10.9 Å². The molecule has 2 amide bonds. The van der Waals surface area contributed by atoms with Gasteiger partial charge in [0.25, 0.3) is 11.8 Å². The molecule has 3 N–H and O–H groups in total. The number of aliphatic hydroxyl groups is 1. The molecule has 1 saturated heterocycles. The van der Waals surface area contributed by atoms with Crippen LogP contribution in [0.2, 0.25) is 0 Å². The molecule has 1 fully saturated rings. The van der Waals surface area contributed by atoms with Gasteiger partial charge in [0.05, 0.1) is 0 Å². The van der Waals surface area contributed by atoms with Crippen LogP contribution in [0.3, 0.4) is 0 Å². The second-order valence-corrected chi connectivity index (χ2v) is 9.35. The topological polar surface area (TPSA) is 151 Å². The van der Waals surface area contributed by atoms with Gasteiger partial charge in [-0.2, -0.15) is 0 Å². The van der Waals surface area contributed by atoms with Crippen molar-refractivity contribution >= 4 is 41.3 Å². The summed E-state index contributed by atoms with van der Waals surface area (Å²) in [5, 5.41) is 33.3. The SMILES string of the molecule is CC1S[C@@H]2C(NC(=O)[C@H](O)c3ccccc3)C(=O)N2C(C(=O)O)=C1Sc1nnnn1C. The van der Waals surface area contributed by atoms with Gasteiger partial charge in [-0.1, -0.05) is 30.3 Å². The zero-order chi connectivity index (χ0) is 22.3. The van der Waals surface area contributed by atoms with Crippen LogP contribution in [0.1, 0.15) is 18.6 Å². The normalized spacial score (nSPS) is 23.8. The van der Waals surface area contributed by atoms with Crippen LogP contribution in [0.5, 0.6) is 0 Å². The van der Waals surface area contributed by atoms with Crippen molar-refractivity contribution in [3.05, 3.63) is 46.5 Å². The van der Waals surface area contributed by atoms with E-state index in [1.165, 1.54) is 21.3 Å². The highest BCUT2D eigenvalue weighted by Crippen LogP contribution is 2.48. The number of hydrogen-bond donors (Lipinski definition) is 3. The summed E-state index contributed by atoms with van der Waals surface area (Å²) in [4.78, 5) is 38.9. The monoisotopic (exact) mass is 462 g/mol. The number of carbonyl (C=O) groups excluding carboxylic acids is 2. The van der Waals surface area contributed by atoms with Crippen molar-refractivity contribution < 1.29 is 24.6 Å². The molecular formula is C18H18N6O5S2. The fourth-order valence-electron chi connectivity index (χ4n) is 3.32. The number of benzene rings is 1. The van der Waals surface area contributed by atoms with Gasteiger partial charge in [0, 0.05) is 17.2 Å². The van der Waals surface area contributed by atoms with Crippen LogP contribution in [0.25, 0.3) is 0 Å². The van der Waals surface area contributed by atoms with Gasteiger partial charge in [0.15, 0.2) is 6.10 Å². The number of fused-ring (bicyclic) bond motifs is 1. The van der Waals surface area contributed by atoms with Gasteiger partial charge in [-0.25, -0.2) is 9.48 Å². The van der Waals surface area contributed by atoms with Crippen molar-refractivity contribution in [1.82, 2.24) is 30.4 Å². The average Bonchev–Trinajstić information content (AvgIpc) is 3.17. The van der Waals surface area contributed by atoms with E-state index in [0.29, 0.717) is 15.6 Å². The fraction of sp³-hybridized carbons (Fsp3) is 0.333. The third-order valence-corrected chi connectivity index (χ3v) is 7.73. The van der Waals surface area contributed by atoms with Gasteiger partial charge in [-0.3, -0.25) is 14.5 Å². The number of rotatable bonds is 6. The number of aliphatic carboxylic acids is 1. The largest absolute Gasteiger partial charge is 0.477 e. The molecule has 13 heteroatoms. The number of thioether (sulfide) groups is 2. The number of aromatic nitrogens is 4. The van der Waals surface area contributed by atoms with Gasteiger partial charge in [-0.05, 0) is 34.7 Å². The molecule has 0 aliphatic carbocycles. The Bertz CT molecular complexity index is 1070. The fourth-order valence-corrected chi connectivity index (χ4v) is 5.85. The van der Waals surface area contributed by atoms with E-state index in [2.05, 4.69) is 20.8 Å². The molecule has 2 aromatic rings. The predicted molar refractivity (Wildman–Crippen MR) is 110 cm³/mol. The van der Waals surface area contributed by atoms with Crippen LogP contribution >= 0.6 is 23.5 Å². The smallest absolute Gasteiger partial charge is 0.353 e. The summed E-state index contributed by atoms with van der Waals surface area (Å²) in [6.45, 7) is 1.82. The number of tetrazole rings is 1. The number of hydrogen-bond acceptors (Lipinski definition) is 9. The lowest BCUT2D eigenvalue weighted by atomic mass is 10.0. The summed E-state index contributed by atoms with van der Waals surface area (Å²) >= 11 is 2.43. The van der Waals surface area contributed by atoms with Gasteiger partial charge in [0.2, 0.25) is 5.16 Å². The number of nitrogens with one attached hydrogen (secondary N) is 1. The lowest BCUT2D eigenvalue weighted by Gasteiger charge is -2.50. The Balaban J connectivity index is 1.55. The van der Waals surface area contributed by atoms with Gasteiger partial charge in [-0.15, -0.1) is 16.9 Å². The molecule has 0 radical (unpaired) electrons. The quantitative estimate of drug-likeness (QED) is 0.505. The second-order valence-electron chi connectivity index (χ2n) is 6.88. The molecule has 2 unspecified atom stereocenters. The van der Waals surface area contributed by atoms with Crippen LogP contribution in [0, 0.1) is 0 Å². The van der Waals surface area contributed by atoms with Crippen LogP contribution < -0.4 is 5.32 Å². The standard InChI is InChI=1S/C18H18N6O5S2/c1-8-13(31-18-20-21-22-23(18)2)11(17(28)29)24-15(27)10(16(24)30-8)19-14(26)12(25)9-6-4-3-5-7-9/h3-8,10,12,16,25H,1-2H3,(H,19,26)(H,28,29)/t8?,10?,12-,16-/m1/s1. The summed E-state index contributed by atoms with van der Waals surface area (Å²) in [7, 11) is 1.63. The van der Waals surface area contributed by atoms with E-state index >= 15 is 0 Å². The van der Waals surface area contributed by atoms with E-state index in [0.717, 1.165) is 11.8 Å². The Labute approximate surface area is 184 Å². The minimum Gasteiger partial charge on any atom is -0.477 e. The lowest BCUT2D eigenvalue weighted by molar-refractivity contribution is -0.151. The number of carbonyl (C=O) groups is 3. The van der Waals surface area contributed by atoms with Crippen LogP contribution in [0.4, 0.5) is 0 Å². The Morgan fingerprint density at radius 2 is 2.00 bits per heavy atom. The summed E-state index contributed by atoms with van der Waals surface area (Å²) in [5.74, 6) is -2.52. The third-order valence-electron chi connectivity index (χ3n) is 4.88. The molecule has 1 aromatic heterocycles. The summed E-state index contributed by atoms with van der Waals surface area (Å²) in [6, 6.07) is 7.41. The minimum atomic E-state index is -1.43. The first-order valence-electron chi connectivity index (χ1n) is 9.19. The zero-order valence-corrected chi connectivity index (χ0v) is 18.0. The van der Waals surface area contributed by atoms with E-state index in [1.807, 2.05) is 6.92 Å². The van der Waals surface area contributed by atoms with Crippen LogP contribution in [0.15, 0.2) is 46.1 Å². The first kappa shape index (κ1) is 21.3. The van der Waals surface area contributed by atoms with Crippen molar-refractivity contribution in [2.24, 2.45) is 7.05 Å². The Hall–Kier alpha value is -2.90. The van der Waals surface area contributed by atoms with Crippen LogP contribution in [-0.4, -0.2) is 69.8 Å². The highest BCUT2D eigenvalue weighted by atomic mass is 32.2. The Morgan fingerprint density at radius 3 is 2.61 bits per heavy atom. The minimum absolute atomic E-state index is 0.150. The van der Waals surface area contributed by atoms with Gasteiger partial charge >= 0.3 is 5.97 Å². The maximum atomic E-state index is 12.8. The van der Waals surface area contributed by atoms with Crippen LogP contribution in [-0.2, 0) is 21.4 Å². The second kappa shape index (κ2) is 8.32.